The molecular formula is C17H18F2N4O. The summed E-state index contributed by atoms with van der Waals surface area (Å²) in [5.41, 5.74) is 0.0621. The minimum atomic E-state index is -0.731. The summed E-state index contributed by atoms with van der Waals surface area (Å²) in [5, 5.41) is 8.29. The summed E-state index contributed by atoms with van der Waals surface area (Å²) in [6.45, 7) is 1.11. The van der Waals surface area contributed by atoms with Crippen LogP contribution in [0, 0.1) is 11.6 Å². The van der Waals surface area contributed by atoms with Crippen molar-refractivity contribution < 1.29 is 13.6 Å². The summed E-state index contributed by atoms with van der Waals surface area (Å²) in [7, 11) is 0. The Kier molecular flexibility index (Phi) is 3.78. The number of hydrogen-bond acceptors (Lipinski definition) is 3. The van der Waals surface area contributed by atoms with Crippen LogP contribution < -0.4 is 0 Å². The summed E-state index contributed by atoms with van der Waals surface area (Å²) in [5.74, 6) is -0.505. The van der Waals surface area contributed by atoms with Gasteiger partial charge in [0.2, 0.25) is 0 Å². The lowest BCUT2D eigenvalue weighted by Crippen LogP contribution is -2.38. The van der Waals surface area contributed by atoms with E-state index in [0.29, 0.717) is 19.1 Å². The van der Waals surface area contributed by atoms with E-state index >= 15 is 0 Å². The lowest BCUT2D eigenvalue weighted by atomic mass is 9.95. The van der Waals surface area contributed by atoms with Crippen molar-refractivity contribution in [3.63, 3.8) is 0 Å². The van der Waals surface area contributed by atoms with Gasteiger partial charge in [0.15, 0.2) is 0 Å². The van der Waals surface area contributed by atoms with E-state index < -0.39 is 11.6 Å². The zero-order valence-corrected chi connectivity index (χ0v) is 13.2. The topological polar surface area (TPSA) is 51.0 Å². The molecule has 1 saturated carbocycles. The Balaban J connectivity index is 1.44. The number of piperidine rings is 1. The van der Waals surface area contributed by atoms with Crippen LogP contribution in [0.4, 0.5) is 8.78 Å². The molecule has 2 heterocycles. The number of hydrogen-bond donors (Lipinski definition) is 0. The van der Waals surface area contributed by atoms with E-state index in [2.05, 4.69) is 14.8 Å². The maximum Gasteiger partial charge on any atom is 0.254 e. The van der Waals surface area contributed by atoms with Gasteiger partial charge in [-0.05, 0) is 37.8 Å². The molecule has 5 nitrogen and oxygen atoms in total. The summed E-state index contributed by atoms with van der Waals surface area (Å²) < 4.78 is 28.8. The van der Waals surface area contributed by atoms with E-state index in [9.17, 15) is 13.6 Å². The number of amides is 1. The smallest absolute Gasteiger partial charge is 0.254 e. The second-order valence-electron chi connectivity index (χ2n) is 6.55. The fraction of sp³-hybridized carbons (Fsp3) is 0.471. The number of halogens is 2. The molecule has 2 aliphatic rings. The van der Waals surface area contributed by atoms with Crippen molar-refractivity contribution >= 4 is 5.91 Å². The first kappa shape index (κ1) is 15.2. The fourth-order valence-electron chi connectivity index (χ4n) is 3.38. The van der Waals surface area contributed by atoms with Crippen LogP contribution in [0.25, 0.3) is 0 Å². The van der Waals surface area contributed by atoms with Crippen molar-refractivity contribution in [2.24, 2.45) is 0 Å². The van der Waals surface area contributed by atoms with Gasteiger partial charge < -0.3 is 9.47 Å². The highest BCUT2D eigenvalue weighted by atomic mass is 19.1. The quantitative estimate of drug-likeness (QED) is 0.868. The predicted molar refractivity (Wildman–Crippen MR) is 82.5 cm³/mol. The first-order chi connectivity index (χ1) is 11.6. The van der Waals surface area contributed by atoms with Crippen LogP contribution in [0.3, 0.4) is 0 Å². The van der Waals surface area contributed by atoms with Crippen molar-refractivity contribution in [3.8, 4) is 0 Å². The van der Waals surface area contributed by atoms with Crippen LogP contribution >= 0.6 is 0 Å². The highest BCUT2D eigenvalue weighted by molar-refractivity contribution is 5.94. The molecule has 0 unspecified atom stereocenters. The molecule has 0 atom stereocenters. The Hall–Kier alpha value is -2.31. The summed E-state index contributed by atoms with van der Waals surface area (Å²) >= 11 is 0. The third-order valence-corrected chi connectivity index (χ3v) is 4.80. The number of carbonyl (C=O) groups excluding carboxylic acids is 1. The second-order valence-corrected chi connectivity index (χ2v) is 6.55. The van der Waals surface area contributed by atoms with Gasteiger partial charge in [-0.1, -0.05) is 0 Å². The molecule has 7 heteroatoms. The molecule has 2 aromatic rings. The molecule has 0 spiro atoms. The van der Waals surface area contributed by atoms with Crippen molar-refractivity contribution in [1.29, 1.82) is 0 Å². The lowest BCUT2D eigenvalue weighted by molar-refractivity contribution is 0.0709. The molecule has 1 aliphatic carbocycles. The van der Waals surface area contributed by atoms with Crippen molar-refractivity contribution in [2.75, 3.05) is 13.1 Å². The molecule has 0 bridgehead atoms. The molecule has 1 aromatic carbocycles. The van der Waals surface area contributed by atoms with Crippen LogP contribution in [-0.2, 0) is 0 Å². The first-order valence-corrected chi connectivity index (χ1v) is 8.26. The summed E-state index contributed by atoms with van der Waals surface area (Å²) in [6, 6.07) is 3.47. The maximum absolute atomic E-state index is 13.3. The van der Waals surface area contributed by atoms with Gasteiger partial charge in [0.25, 0.3) is 5.91 Å². The third-order valence-electron chi connectivity index (χ3n) is 4.80. The molecule has 1 amide bonds. The van der Waals surface area contributed by atoms with Gasteiger partial charge in [-0.15, -0.1) is 10.2 Å². The molecule has 24 heavy (non-hydrogen) atoms. The number of carbonyl (C=O) groups is 1. The zero-order chi connectivity index (χ0) is 16.7. The fourth-order valence-corrected chi connectivity index (χ4v) is 3.38. The van der Waals surface area contributed by atoms with Gasteiger partial charge in [0.1, 0.15) is 23.8 Å². The van der Waals surface area contributed by atoms with Gasteiger partial charge in [-0.3, -0.25) is 4.79 Å². The van der Waals surface area contributed by atoms with E-state index in [0.717, 1.165) is 36.9 Å². The monoisotopic (exact) mass is 332 g/mol. The maximum atomic E-state index is 13.3. The van der Waals surface area contributed by atoms with Crippen LogP contribution in [-0.4, -0.2) is 38.7 Å². The molecule has 126 valence electrons. The van der Waals surface area contributed by atoms with Gasteiger partial charge in [-0.2, -0.15) is 0 Å². The minimum Gasteiger partial charge on any atom is -0.339 e. The molecule has 0 radical (unpaired) electrons. The predicted octanol–water partition coefficient (Wildman–Crippen LogP) is 2.91. The van der Waals surface area contributed by atoms with Crippen molar-refractivity contribution in [3.05, 3.63) is 47.5 Å². The van der Waals surface area contributed by atoms with E-state index in [1.54, 1.807) is 11.2 Å². The number of nitrogens with zero attached hydrogens (tertiary/aromatic N) is 4. The largest absolute Gasteiger partial charge is 0.339 e. The average molecular weight is 332 g/mol. The van der Waals surface area contributed by atoms with E-state index in [1.165, 1.54) is 12.8 Å². The molecule has 2 fully saturated rings. The van der Waals surface area contributed by atoms with E-state index in [4.69, 9.17) is 0 Å². The van der Waals surface area contributed by atoms with Crippen molar-refractivity contribution in [2.45, 2.75) is 37.6 Å². The molecule has 4 rings (SSSR count). The first-order valence-electron chi connectivity index (χ1n) is 8.26. The minimum absolute atomic E-state index is 0.0621. The Bertz CT molecular complexity index is 743. The highest BCUT2D eigenvalue weighted by Crippen LogP contribution is 2.38. The average Bonchev–Trinajstić information content (AvgIpc) is 3.30. The van der Waals surface area contributed by atoms with E-state index in [1.807, 2.05) is 0 Å². The SMILES string of the molecule is O=C(c1cc(F)cc(F)c1)N1CCC(c2nncn2C2CC2)CC1. The van der Waals surface area contributed by atoms with Gasteiger partial charge >= 0.3 is 0 Å². The Morgan fingerprint density at radius 2 is 1.71 bits per heavy atom. The molecular weight excluding hydrogens is 314 g/mol. The number of benzene rings is 1. The Morgan fingerprint density at radius 1 is 1.04 bits per heavy atom. The van der Waals surface area contributed by atoms with Crippen molar-refractivity contribution in [1.82, 2.24) is 19.7 Å². The Morgan fingerprint density at radius 3 is 2.33 bits per heavy atom. The molecule has 1 saturated heterocycles. The van der Waals surface area contributed by atoms with Crippen LogP contribution in [0.5, 0.6) is 0 Å². The van der Waals surface area contributed by atoms with Gasteiger partial charge in [0, 0.05) is 36.7 Å². The highest BCUT2D eigenvalue weighted by Gasteiger charge is 2.32. The molecule has 1 aromatic heterocycles. The van der Waals surface area contributed by atoms with Crippen LogP contribution in [0.2, 0.25) is 0 Å². The third kappa shape index (κ3) is 2.90. The Labute approximate surface area is 138 Å². The summed E-state index contributed by atoms with van der Waals surface area (Å²) in [6.07, 6.45) is 5.71. The van der Waals surface area contributed by atoms with Gasteiger partial charge in [0.05, 0.1) is 0 Å². The number of likely N-dealkylation sites (tertiary alicyclic amines) is 1. The standard InChI is InChI=1S/C17H18F2N4O/c18-13-7-12(8-14(19)9-13)17(24)22-5-3-11(4-6-22)16-21-20-10-23(16)15-1-2-15/h7-11,15H,1-6H2. The molecule has 1 aliphatic heterocycles. The summed E-state index contributed by atoms with van der Waals surface area (Å²) in [4.78, 5) is 14.1. The van der Waals surface area contributed by atoms with Crippen LogP contribution in [0.15, 0.2) is 24.5 Å². The lowest BCUT2D eigenvalue weighted by Gasteiger charge is -2.31. The van der Waals surface area contributed by atoms with Gasteiger partial charge in [-0.25, -0.2) is 8.78 Å². The normalized spacial score (nSPS) is 18.8. The number of rotatable bonds is 3. The van der Waals surface area contributed by atoms with Crippen LogP contribution in [0.1, 0.15) is 53.8 Å². The zero-order valence-electron chi connectivity index (χ0n) is 13.2. The van der Waals surface area contributed by atoms with E-state index in [-0.39, 0.29) is 17.4 Å². The molecule has 0 N–H and O–H groups in total. The second kappa shape index (κ2) is 5.96. The number of aromatic nitrogens is 3.